The van der Waals surface area contributed by atoms with Gasteiger partial charge in [0.1, 0.15) is 0 Å². The van der Waals surface area contributed by atoms with Gasteiger partial charge in [0.05, 0.1) is 6.61 Å². The van der Waals surface area contributed by atoms with Crippen molar-refractivity contribution < 1.29 is 18.9 Å². The molecule has 14 heavy (non-hydrogen) atoms. The second-order valence-electron chi connectivity index (χ2n) is 2.74. The number of unbranched alkanes of at least 4 members (excludes halogenated alkanes) is 4. The molecule has 0 aromatic heterocycles. The number of phosphoric ester groups is 1. The fourth-order valence-electron chi connectivity index (χ4n) is 0.889. The minimum atomic E-state index is -4.22. The van der Waals surface area contributed by atoms with Gasteiger partial charge in [0.25, 0.3) is 0 Å². The normalized spacial score (nSPS) is 10.2. The Morgan fingerprint density at radius 3 is 2.00 bits per heavy atom. The molecule has 0 fully saturated rings. The molecular weight excluding hydrogens is 193 g/mol. The Bertz CT molecular complexity index is 151. The Morgan fingerprint density at radius 2 is 1.57 bits per heavy atom. The van der Waals surface area contributed by atoms with Gasteiger partial charge in [-0.3, -0.25) is 4.52 Å². The third-order valence-corrected chi connectivity index (χ3v) is 2.03. The SMILES string of the molecule is CCCCCCCOP(=O)(O)O.[LiH].[LiH]. The second-order valence-corrected chi connectivity index (χ2v) is 3.98. The van der Waals surface area contributed by atoms with E-state index in [9.17, 15) is 4.57 Å². The van der Waals surface area contributed by atoms with Gasteiger partial charge in [-0.05, 0) is 6.42 Å². The van der Waals surface area contributed by atoms with Crippen LogP contribution in [0.1, 0.15) is 39.0 Å². The molecule has 0 aromatic rings. The Kier molecular flexibility index (Phi) is 18.3. The van der Waals surface area contributed by atoms with Crippen molar-refractivity contribution in [2.75, 3.05) is 6.61 Å². The molecule has 0 spiro atoms. The first-order valence-corrected chi connectivity index (χ1v) is 5.79. The van der Waals surface area contributed by atoms with E-state index in [1.54, 1.807) is 0 Å². The van der Waals surface area contributed by atoms with Crippen molar-refractivity contribution in [1.82, 2.24) is 0 Å². The monoisotopic (exact) mass is 212 g/mol. The number of hydrogen-bond acceptors (Lipinski definition) is 2. The minimum absolute atomic E-state index is 0. The van der Waals surface area contributed by atoms with Crippen LogP contribution in [0.4, 0.5) is 0 Å². The van der Waals surface area contributed by atoms with E-state index in [-0.39, 0.29) is 44.3 Å². The summed E-state index contributed by atoms with van der Waals surface area (Å²) in [7, 11) is -4.22. The Hall–Kier alpha value is 1.30. The first kappa shape index (κ1) is 20.7. The summed E-state index contributed by atoms with van der Waals surface area (Å²) in [6.07, 6.45) is 5.16. The van der Waals surface area contributed by atoms with E-state index in [2.05, 4.69) is 11.4 Å². The van der Waals surface area contributed by atoms with Gasteiger partial charge in [0.2, 0.25) is 0 Å². The van der Waals surface area contributed by atoms with Gasteiger partial charge in [0.15, 0.2) is 0 Å². The van der Waals surface area contributed by atoms with E-state index in [0.717, 1.165) is 19.3 Å². The van der Waals surface area contributed by atoms with E-state index in [1.165, 1.54) is 12.8 Å². The van der Waals surface area contributed by atoms with Gasteiger partial charge in [-0.1, -0.05) is 32.6 Å². The fourth-order valence-corrected chi connectivity index (χ4v) is 1.26. The van der Waals surface area contributed by atoms with E-state index >= 15 is 0 Å². The first-order chi connectivity index (χ1) is 5.56. The molecule has 4 nitrogen and oxygen atoms in total. The van der Waals surface area contributed by atoms with Crippen LogP contribution in [-0.4, -0.2) is 54.1 Å². The first-order valence-electron chi connectivity index (χ1n) is 4.26. The Morgan fingerprint density at radius 1 is 1.07 bits per heavy atom. The molecule has 0 radical (unpaired) electrons. The number of phosphoric acid groups is 1. The van der Waals surface area contributed by atoms with Crippen LogP contribution in [0.2, 0.25) is 0 Å². The van der Waals surface area contributed by atoms with E-state index < -0.39 is 7.82 Å². The molecule has 0 unspecified atom stereocenters. The van der Waals surface area contributed by atoms with Crippen molar-refractivity contribution in [3.63, 3.8) is 0 Å². The second kappa shape index (κ2) is 12.4. The van der Waals surface area contributed by atoms with Crippen LogP contribution in [0, 0.1) is 0 Å². The molecule has 0 rings (SSSR count). The average Bonchev–Trinajstić information content (AvgIpc) is 1.94. The summed E-state index contributed by atoms with van der Waals surface area (Å²) in [4.78, 5) is 16.6. The summed E-state index contributed by atoms with van der Waals surface area (Å²) in [6.45, 7) is 2.28. The topological polar surface area (TPSA) is 66.8 Å². The van der Waals surface area contributed by atoms with Crippen LogP contribution in [0.3, 0.4) is 0 Å². The molecule has 0 saturated heterocycles. The molecular formula is C7H19Li2O4P. The maximum atomic E-state index is 10.2. The Labute approximate surface area is 110 Å². The molecule has 78 valence electrons. The van der Waals surface area contributed by atoms with Gasteiger partial charge < -0.3 is 9.79 Å². The predicted octanol–water partition coefficient (Wildman–Crippen LogP) is 0.769. The quantitative estimate of drug-likeness (QED) is 0.371. The zero-order chi connectivity index (χ0) is 9.45. The zero-order valence-electron chi connectivity index (χ0n) is 7.40. The standard InChI is InChI=1S/C7H17O4P.2Li.2H/c1-2-3-4-5-6-7-11-12(8,9)10;;;;/h2-7H2,1H3,(H2,8,9,10);;;;. The molecule has 0 aliphatic carbocycles. The summed E-state index contributed by atoms with van der Waals surface area (Å²) in [5.41, 5.74) is 0. The number of rotatable bonds is 7. The summed E-state index contributed by atoms with van der Waals surface area (Å²) in [5, 5.41) is 0. The van der Waals surface area contributed by atoms with Gasteiger partial charge in [-0.15, -0.1) is 0 Å². The van der Waals surface area contributed by atoms with Crippen molar-refractivity contribution in [2.24, 2.45) is 0 Å². The van der Waals surface area contributed by atoms with Gasteiger partial charge >= 0.3 is 45.5 Å². The summed E-state index contributed by atoms with van der Waals surface area (Å²) in [6, 6.07) is 0. The maximum absolute atomic E-state index is 10.2. The van der Waals surface area contributed by atoms with Crippen LogP contribution in [0.15, 0.2) is 0 Å². The van der Waals surface area contributed by atoms with Crippen molar-refractivity contribution in [3.05, 3.63) is 0 Å². The molecule has 2 N–H and O–H groups in total. The van der Waals surface area contributed by atoms with E-state index in [4.69, 9.17) is 9.79 Å². The Balaban J connectivity index is -0.000000605. The summed E-state index contributed by atoms with van der Waals surface area (Å²) >= 11 is 0. The zero-order valence-corrected chi connectivity index (χ0v) is 8.30. The van der Waals surface area contributed by atoms with E-state index in [0.29, 0.717) is 0 Å². The molecule has 0 bridgehead atoms. The molecule has 0 saturated carbocycles. The van der Waals surface area contributed by atoms with Crippen molar-refractivity contribution in [3.8, 4) is 0 Å². The van der Waals surface area contributed by atoms with Crippen LogP contribution in [-0.2, 0) is 9.09 Å². The van der Waals surface area contributed by atoms with E-state index in [1.807, 2.05) is 0 Å². The summed E-state index contributed by atoms with van der Waals surface area (Å²) < 4.78 is 14.5. The predicted molar refractivity (Wildman–Crippen MR) is 61.1 cm³/mol. The van der Waals surface area contributed by atoms with Gasteiger partial charge in [-0.25, -0.2) is 4.57 Å². The third kappa shape index (κ3) is 19.0. The van der Waals surface area contributed by atoms with Gasteiger partial charge in [-0.2, -0.15) is 0 Å². The van der Waals surface area contributed by atoms with Crippen LogP contribution >= 0.6 is 7.82 Å². The van der Waals surface area contributed by atoms with Crippen molar-refractivity contribution in [2.45, 2.75) is 39.0 Å². The van der Waals surface area contributed by atoms with Crippen LogP contribution in [0.25, 0.3) is 0 Å². The number of hydrogen-bond donors (Lipinski definition) is 2. The summed E-state index contributed by atoms with van der Waals surface area (Å²) in [5.74, 6) is 0. The average molecular weight is 212 g/mol. The fraction of sp³-hybridized carbons (Fsp3) is 1.00. The van der Waals surface area contributed by atoms with Crippen LogP contribution < -0.4 is 0 Å². The molecule has 0 atom stereocenters. The molecule has 0 aliphatic rings. The third-order valence-electron chi connectivity index (χ3n) is 1.51. The molecule has 0 amide bonds. The molecule has 0 aliphatic heterocycles. The molecule has 0 heterocycles. The van der Waals surface area contributed by atoms with Gasteiger partial charge in [0, 0.05) is 0 Å². The van der Waals surface area contributed by atoms with Crippen molar-refractivity contribution in [1.29, 1.82) is 0 Å². The molecule has 7 heteroatoms. The van der Waals surface area contributed by atoms with Crippen LogP contribution in [0.5, 0.6) is 0 Å². The van der Waals surface area contributed by atoms with Crippen molar-refractivity contribution >= 4 is 45.5 Å². The molecule has 0 aromatic carbocycles.